The van der Waals surface area contributed by atoms with Gasteiger partial charge in [-0.05, 0) is 30.5 Å². The summed E-state index contributed by atoms with van der Waals surface area (Å²) in [5.74, 6) is 0.453. The van der Waals surface area contributed by atoms with Crippen LogP contribution in [0.15, 0.2) is 23.1 Å². The van der Waals surface area contributed by atoms with E-state index in [1.165, 1.54) is 12.1 Å². The van der Waals surface area contributed by atoms with Crippen molar-refractivity contribution >= 4 is 27.1 Å². The number of sulfone groups is 1. The zero-order valence-electron chi connectivity index (χ0n) is 11.2. The Morgan fingerprint density at radius 1 is 1.32 bits per heavy atom. The second kappa shape index (κ2) is 7.12. The molecule has 2 N–H and O–H groups in total. The van der Waals surface area contributed by atoms with E-state index >= 15 is 0 Å². The van der Waals surface area contributed by atoms with Crippen LogP contribution in [-0.2, 0) is 14.6 Å². The van der Waals surface area contributed by atoms with E-state index in [2.05, 4.69) is 13.8 Å². The highest BCUT2D eigenvalue weighted by atomic mass is 35.5. The number of anilines is 1. The Hall–Kier alpha value is -0.780. The van der Waals surface area contributed by atoms with Crippen LogP contribution in [0.5, 0.6) is 0 Å². The van der Waals surface area contributed by atoms with Gasteiger partial charge in [0.15, 0.2) is 9.84 Å². The number of nitrogen functional groups attached to an aromatic ring is 1. The number of rotatable bonds is 7. The van der Waals surface area contributed by atoms with Crippen LogP contribution in [0.25, 0.3) is 0 Å². The predicted octanol–water partition coefficient (Wildman–Crippen LogP) is 2.76. The second-order valence-corrected chi connectivity index (χ2v) is 7.29. The number of ether oxygens (including phenoxy) is 1. The summed E-state index contributed by atoms with van der Waals surface area (Å²) in [6, 6.07) is 4.44. The van der Waals surface area contributed by atoms with E-state index in [9.17, 15) is 8.42 Å². The molecule has 0 aliphatic carbocycles. The van der Waals surface area contributed by atoms with Gasteiger partial charge in [-0.15, -0.1) is 0 Å². The standard InChI is InChI=1S/C13H20ClNO3S/c1-10(2)5-6-18-7-8-19(16,17)13-9-11(15)3-4-12(13)14/h3-4,9-10H,5-8,15H2,1-2H3. The molecule has 0 heterocycles. The van der Waals surface area contributed by atoms with Crippen molar-refractivity contribution in [3.63, 3.8) is 0 Å². The summed E-state index contributed by atoms with van der Waals surface area (Å²) in [7, 11) is -3.45. The average Bonchev–Trinajstić information content (AvgIpc) is 2.31. The zero-order valence-corrected chi connectivity index (χ0v) is 12.8. The summed E-state index contributed by atoms with van der Waals surface area (Å²) in [5.41, 5.74) is 5.96. The SMILES string of the molecule is CC(C)CCOCCS(=O)(=O)c1cc(N)ccc1Cl. The van der Waals surface area contributed by atoms with Crippen molar-refractivity contribution in [3.05, 3.63) is 23.2 Å². The van der Waals surface area contributed by atoms with E-state index in [1.54, 1.807) is 6.07 Å². The smallest absolute Gasteiger partial charge is 0.182 e. The number of halogens is 1. The molecule has 0 aliphatic rings. The minimum atomic E-state index is -3.45. The first kappa shape index (κ1) is 16.3. The number of hydrogen-bond acceptors (Lipinski definition) is 4. The van der Waals surface area contributed by atoms with Crippen LogP contribution in [0.4, 0.5) is 5.69 Å². The first-order valence-corrected chi connectivity index (χ1v) is 8.21. The van der Waals surface area contributed by atoms with Gasteiger partial charge in [0.1, 0.15) is 0 Å². The third kappa shape index (κ3) is 5.38. The van der Waals surface area contributed by atoms with Crippen molar-refractivity contribution in [2.75, 3.05) is 24.7 Å². The molecule has 0 radical (unpaired) electrons. The molecule has 4 nitrogen and oxygen atoms in total. The van der Waals surface area contributed by atoms with Crippen molar-refractivity contribution in [1.82, 2.24) is 0 Å². The van der Waals surface area contributed by atoms with Gasteiger partial charge in [0.05, 0.1) is 22.3 Å². The quantitative estimate of drug-likeness (QED) is 0.621. The molecule has 0 amide bonds. The van der Waals surface area contributed by atoms with Gasteiger partial charge in [-0.25, -0.2) is 8.42 Å². The Morgan fingerprint density at radius 3 is 2.63 bits per heavy atom. The van der Waals surface area contributed by atoms with Gasteiger partial charge in [0.2, 0.25) is 0 Å². The third-order valence-corrected chi connectivity index (χ3v) is 4.78. The summed E-state index contributed by atoms with van der Waals surface area (Å²) in [6.45, 7) is 4.91. The van der Waals surface area contributed by atoms with Crippen molar-refractivity contribution in [2.24, 2.45) is 5.92 Å². The molecule has 0 saturated heterocycles. The van der Waals surface area contributed by atoms with Gasteiger partial charge in [0.25, 0.3) is 0 Å². The summed E-state index contributed by atoms with van der Waals surface area (Å²) in [4.78, 5) is 0.0710. The van der Waals surface area contributed by atoms with Gasteiger partial charge in [-0.1, -0.05) is 25.4 Å². The van der Waals surface area contributed by atoms with E-state index in [0.717, 1.165) is 6.42 Å². The molecule has 108 valence electrons. The molecule has 6 heteroatoms. The number of benzene rings is 1. The maximum absolute atomic E-state index is 12.1. The lowest BCUT2D eigenvalue weighted by molar-refractivity contribution is 0.137. The molecule has 0 aromatic heterocycles. The Balaban J connectivity index is 2.59. The van der Waals surface area contributed by atoms with Gasteiger partial charge in [-0.3, -0.25) is 0 Å². The first-order chi connectivity index (χ1) is 8.83. The van der Waals surface area contributed by atoms with E-state index < -0.39 is 9.84 Å². The van der Waals surface area contributed by atoms with Crippen LogP contribution in [-0.4, -0.2) is 27.4 Å². The number of hydrogen-bond donors (Lipinski definition) is 1. The molecular formula is C13H20ClNO3S. The van der Waals surface area contributed by atoms with Crippen LogP contribution in [0, 0.1) is 5.92 Å². The molecule has 0 bridgehead atoms. The van der Waals surface area contributed by atoms with Crippen molar-refractivity contribution in [1.29, 1.82) is 0 Å². The van der Waals surface area contributed by atoms with Crippen molar-refractivity contribution in [2.45, 2.75) is 25.2 Å². The van der Waals surface area contributed by atoms with Gasteiger partial charge in [0, 0.05) is 12.3 Å². The largest absolute Gasteiger partial charge is 0.399 e. The average molecular weight is 306 g/mol. The Bertz CT molecular complexity index is 515. The van der Waals surface area contributed by atoms with E-state index in [-0.39, 0.29) is 22.3 Å². The molecule has 1 aromatic carbocycles. The Labute approximate surface area is 119 Å². The Kier molecular flexibility index (Phi) is 6.10. The van der Waals surface area contributed by atoms with Crippen LogP contribution in [0.3, 0.4) is 0 Å². The molecule has 0 fully saturated rings. The highest BCUT2D eigenvalue weighted by molar-refractivity contribution is 7.91. The van der Waals surface area contributed by atoms with Crippen LogP contribution in [0.2, 0.25) is 5.02 Å². The topological polar surface area (TPSA) is 69.4 Å². The van der Waals surface area contributed by atoms with Gasteiger partial charge in [-0.2, -0.15) is 0 Å². The minimum absolute atomic E-state index is 0.0710. The molecule has 1 aromatic rings. The summed E-state index contributed by atoms with van der Waals surface area (Å²) in [6.07, 6.45) is 0.916. The second-order valence-electron chi connectivity index (χ2n) is 4.80. The molecule has 0 spiro atoms. The first-order valence-electron chi connectivity index (χ1n) is 6.18. The highest BCUT2D eigenvalue weighted by Gasteiger charge is 2.18. The predicted molar refractivity (Wildman–Crippen MR) is 78.2 cm³/mol. The maximum Gasteiger partial charge on any atom is 0.182 e. The summed E-state index contributed by atoms with van der Waals surface area (Å²) in [5, 5.41) is 0.191. The number of nitrogens with two attached hydrogens (primary N) is 1. The summed E-state index contributed by atoms with van der Waals surface area (Å²) < 4.78 is 29.5. The van der Waals surface area contributed by atoms with Crippen molar-refractivity contribution < 1.29 is 13.2 Å². The lowest BCUT2D eigenvalue weighted by Gasteiger charge is -2.09. The summed E-state index contributed by atoms with van der Waals surface area (Å²) >= 11 is 5.89. The third-order valence-electron chi connectivity index (χ3n) is 2.63. The molecule has 19 heavy (non-hydrogen) atoms. The Morgan fingerprint density at radius 2 is 2.00 bits per heavy atom. The molecule has 0 atom stereocenters. The van der Waals surface area contributed by atoms with Gasteiger partial charge < -0.3 is 10.5 Å². The monoisotopic (exact) mass is 305 g/mol. The fourth-order valence-corrected chi connectivity index (χ4v) is 3.17. The van der Waals surface area contributed by atoms with E-state index in [4.69, 9.17) is 22.1 Å². The van der Waals surface area contributed by atoms with E-state index in [0.29, 0.717) is 18.2 Å². The van der Waals surface area contributed by atoms with Crippen molar-refractivity contribution in [3.8, 4) is 0 Å². The fourth-order valence-electron chi connectivity index (χ4n) is 1.46. The van der Waals surface area contributed by atoms with Crippen LogP contribution in [0.1, 0.15) is 20.3 Å². The molecule has 0 unspecified atom stereocenters. The molecular weight excluding hydrogens is 286 g/mol. The normalized spacial score (nSPS) is 12.0. The lowest BCUT2D eigenvalue weighted by atomic mass is 10.1. The van der Waals surface area contributed by atoms with Crippen LogP contribution >= 0.6 is 11.6 Å². The van der Waals surface area contributed by atoms with E-state index in [1.807, 2.05) is 0 Å². The zero-order chi connectivity index (χ0) is 14.5. The fraction of sp³-hybridized carbons (Fsp3) is 0.538. The minimum Gasteiger partial charge on any atom is -0.399 e. The highest BCUT2D eigenvalue weighted by Crippen LogP contribution is 2.24. The maximum atomic E-state index is 12.1. The molecule has 0 saturated carbocycles. The van der Waals surface area contributed by atoms with Gasteiger partial charge >= 0.3 is 0 Å². The lowest BCUT2D eigenvalue weighted by Crippen LogP contribution is -2.14. The molecule has 0 aliphatic heterocycles. The molecule has 1 rings (SSSR count). The van der Waals surface area contributed by atoms with Crippen LogP contribution < -0.4 is 5.73 Å².